The molecule has 4 N–H and O–H groups in total. The quantitative estimate of drug-likeness (QED) is 0.379. The number of hydrogen-bond donors (Lipinski definition) is 4. The molecule has 0 saturated heterocycles. The second-order valence-electron chi connectivity index (χ2n) is 2.76. The number of hydrogen-bond acceptors (Lipinski definition) is 6. The molecule has 0 aliphatic rings. The third-order valence-electron chi connectivity index (χ3n) is 1.87. The van der Waals surface area contributed by atoms with Gasteiger partial charge in [-0.1, -0.05) is 0 Å². The van der Waals surface area contributed by atoms with Gasteiger partial charge in [-0.05, 0) is 0 Å². The third-order valence-corrected chi connectivity index (χ3v) is 1.87. The van der Waals surface area contributed by atoms with E-state index in [9.17, 15) is 10.2 Å². The van der Waals surface area contributed by atoms with Crippen molar-refractivity contribution >= 4 is 0 Å². The van der Waals surface area contributed by atoms with Gasteiger partial charge in [-0.15, -0.1) is 0 Å². The molecule has 0 heterocycles. The van der Waals surface area contributed by atoms with Gasteiger partial charge in [-0.2, -0.15) is 0 Å². The van der Waals surface area contributed by atoms with Crippen LogP contribution in [0, 0.1) is 0 Å². The van der Waals surface area contributed by atoms with E-state index in [1.54, 1.807) is 0 Å². The zero-order valence-corrected chi connectivity index (χ0v) is 7.74. The molecule has 0 spiro atoms. The van der Waals surface area contributed by atoms with Crippen LogP contribution in [0.25, 0.3) is 0 Å². The van der Waals surface area contributed by atoms with Crippen LogP contribution in [0.3, 0.4) is 0 Å². The van der Waals surface area contributed by atoms with E-state index in [1.807, 2.05) is 0 Å². The first-order valence-electron chi connectivity index (χ1n) is 5.43. The van der Waals surface area contributed by atoms with Gasteiger partial charge in [0.1, 0.15) is 24.4 Å². The standard InChI is InChI=1S/C8H18O6/c1-13-6(4-10)8(14-2)7(12)5(11)3-9/h5-12H,3-4H2,1-2H3/t5-,6+,7-,8-/m1/s1/i1D,2D. The topological polar surface area (TPSA) is 99.4 Å². The summed E-state index contributed by atoms with van der Waals surface area (Å²) in [6, 6.07) is 0. The summed E-state index contributed by atoms with van der Waals surface area (Å²) in [6.45, 7) is -1.21. The number of methoxy groups -OCH3 is 2. The molecule has 6 heteroatoms. The van der Waals surface area contributed by atoms with Crippen molar-refractivity contribution in [3.63, 3.8) is 0 Å². The molecule has 0 aromatic carbocycles. The van der Waals surface area contributed by atoms with Crippen LogP contribution < -0.4 is 0 Å². The first-order chi connectivity index (χ1) is 7.62. The van der Waals surface area contributed by atoms with Crippen LogP contribution in [0.15, 0.2) is 0 Å². The average molecular weight is 212 g/mol. The zero-order chi connectivity index (χ0) is 12.6. The first-order valence-corrected chi connectivity index (χ1v) is 4.01. The lowest BCUT2D eigenvalue weighted by Crippen LogP contribution is -2.48. The fourth-order valence-electron chi connectivity index (χ4n) is 1.00. The van der Waals surface area contributed by atoms with E-state index in [0.717, 1.165) is 0 Å². The maximum atomic E-state index is 9.57. The van der Waals surface area contributed by atoms with Crippen LogP contribution in [-0.4, -0.2) is 72.2 Å². The van der Waals surface area contributed by atoms with Gasteiger partial charge >= 0.3 is 0 Å². The molecule has 0 aliphatic carbocycles. The van der Waals surface area contributed by atoms with E-state index in [0.29, 0.717) is 0 Å². The van der Waals surface area contributed by atoms with Crippen LogP contribution in [0.5, 0.6) is 0 Å². The number of ether oxygens (including phenoxy) is 2. The normalized spacial score (nSPS) is 22.0. The summed E-state index contributed by atoms with van der Waals surface area (Å²) in [5.41, 5.74) is 0. The van der Waals surface area contributed by atoms with E-state index < -0.39 is 51.8 Å². The summed E-state index contributed by atoms with van der Waals surface area (Å²) < 4.78 is 23.3. The van der Waals surface area contributed by atoms with Crippen molar-refractivity contribution in [2.45, 2.75) is 24.4 Å². The number of aliphatic hydroxyl groups excluding tert-OH is 4. The van der Waals surface area contributed by atoms with Crippen LogP contribution in [-0.2, 0) is 9.47 Å². The Morgan fingerprint density at radius 2 is 1.79 bits per heavy atom. The Hall–Kier alpha value is -0.240. The summed E-state index contributed by atoms with van der Waals surface area (Å²) in [5.74, 6) is 0. The van der Waals surface area contributed by atoms with Crippen LogP contribution in [0.4, 0.5) is 0 Å². The molecule has 0 aromatic rings. The highest BCUT2D eigenvalue weighted by Crippen LogP contribution is 2.10. The highest BCUT2D eigenvalue weighted by molar-refractivity contribution is 4.82. The summed E-state index contributed by atoms with van der Waals surface area (Å²) >= 11 is 0. The molecule has 4 atom stereocenters. The minimum Gasteiger partial charge on any atom is -0.394 e. The van der Waals surface area contributed by atoms with Gasteiger partial charge in [-0.3, -0.25) is 0 Å². The van der Waals surface area contributed by atoms with Gasteiger partial charge in [0.15, 0.2) is 0 Å². The molecule has 0 bridgehead atoms. The molecular formula is C8H18O6. The Bertz CT molecular complexity index is 171. The monoisotopic (exact) mass is 212 g/mol. The van der Waals surface area contributed by atoms with E-state index in [4.69, 9.17) is 22.4 Å². The molecule has 0 unspecified atom stereocenters. The van der Waals surface area contributed by atoms with Crippen molar-refractivity contribution in [3.05, 3.63) is 0 Å². The SMILES string of the molecule is [2H]CO[C@@H]([C@H](O)[C@H](O)CO)[C@H](CO)OC[2H]. The fraction of sp³-hybridized carbons (Fsp3) is 1.00. The van der Waals surface area contributed by atoms with Gasteiger partial charge in [0.25, 0.3) is 0 Å². The smallest absolute Gasteiger partial charge is 0.114 e. The van der Waals surface area contributed by atoms with E-state index in [-0.39, 0.29) is 0 Å². The molecule has 14 heavy (non-hydrogen) atoms. The average Bonchev–Trinajstić information content (AvgIpc) is 2.31. The number of aliphatic hydroxyl groups is 4. The molecule has 0 amide bonds. The molecule has 86 valence electrons. The summed E-state index contributed by atoms with van der Waals surface area (Å²) in [6.07, 6.45) is -5.16. The molecule has 0 fully saturated rings. The minimum absolute atomic E-state index is 0.453. The predicted molar refractivity (Wildman–Crippen MR) is 47.8 cm³/mol. The third kappa shape index (κ3) is 3.49. The molecule has 0 aliphatic heterocycles. The highest BCUT2D eigenvalue weighted by Gasteiger charge is 2.32. The lowest BCUT2D eigenvalue weighted by atomic mass is 10.0. The van der Waals surface area contributed by atoms with Gasteiger partial charge < -0.3 is 29.9 Å². The van der Waals surface area contributed by atoms with Crippen LogP contribution in [0.2, 0.25) is 0 Å². The molecular weight excluding hydrogens is 192 g/mol. The highest BCUT2D eigenvalue weighted by atomic mass is 16.5. The molecule has 0 saturated carbocycles. The molecule has 0 rings (SSSR count). The lowest BCUT2D eigenvalue weighted by Gasteiger charge is -2.29. The van der Waals surface area contributed by atoms with E-state index in [2.05, 4.69) is 0 Å². The van der Waals surface area contributed by atoms with Crippen LogP contribution >= 0.6 is 0 Å². The van der Waals surface area contributed by atoms with Crippen molar-refractivity contribution in [1.82, 2.24) is 0 Å². The Morgan fingerprint density at radius 1 is 1.14 bits per heavy atom. The zero-order valence-electron chi connectivity index (χ0n) is 9.74. The Kier molecular flexibility index (Phi) is 5.22. The van der Waals surface area contributed by atoms with Crippen molar-refractivity contribution in [2.24, 2.45) is 0 Å². The first kappa shape index (κ1) is 10.3. The second kappa shape index (κ2) is 7.10. The summed E-state index contributed by atoms with van der Waals surface area (Å²) in [5, 5.41) is 36.4. The Morgan fingerprint density at radius 3 is 2.21 bits per heavy atom. The Labute approximate surface area is 85.5 Å². The summed E-state index contributed by atoms with van der Waals surface area (Å²) in [4.78, 5) is 0. The maximum Gasteiger partial charge on any atom is 0.114 e. The van der Waals surface area contributed by atoms with Gasteiger partial charge in [0, 0.05) is 14.2 Å². The minimum atomic E-state index is -1.50. The van der Waals surface area contributed by atoms with Gasteiger partial charge in [0.05, 0.1) is 16.0 Å². The van der Waals surface area contributed by atoms with Crippen molar-refractivity contribution in [1.29, 1.82) is 0 Å². The fourth-order valence-corrected chi connectivity index (χ4v) is 1.00. The van der Waals surface area contributed by atoms with E-state index >= 15 is 0 Å². The van der Waals surface area contributed by atoms with Crippen molar-refractivity contribution in [2.75, 3.05) is 27.4 Å². The number of rotatable bonds is 7. The predicted octanol–water partition coefficient (Wildman–Crippen LogP) is -2.28. The lowest BCUT2D eigenvalue weighted by molar-refractivity contribution is -0.145. The Balaban J connectivity index is 4.53. The van der Waals surface area contributed by atoms with Crippen molar-refractivity contribution in [3.8, 4) is 0 Å². The maximum absolute atomic E-state index is 9.57. The molecule has 6 nitrogen and oxygen atoms in total. The van der Waals surface area contributed by atoms with Gasteiger partial charge in [-0.25, -0.2) is 0 Å². The van der Waals surface area contributed by atoms with Gasteiger partial charge in [0.2, 0.25) is 0 Å². The van der Waals surface area contributed by atoms with Crippen molar-refractivity contribution < 1.29 is 32.6 Å². The second-order valence-corrected chi connectivity index (χ2v) is 2.76. The van der Waals surface area contributed by atoms with E-state index in [1.165, 1.54) is 0 Å². The molecule has 0 radical (unpaired) electrons. The molecule has 0 aromatic heterocycles. The van der Waals surface area contributed by atoms with Crippen LogP contribution in [0.1, 0.15) is 2.74 Å². The largest absolute Gasteiger partial charge is 0.394 e. The summed E-state index contributed by atoms with van der Waals surface area (Å²) in [7, 11) is -0.956.